The van der Waals surface area contributed by atoms with Crippen molar-refractivity contribution in [3.05, 3.63) is 0 Å². The standard InChI is InChI=1S/C15H30/c1-8-9-12-10-13(2,3)11-14(4,5)15(12,6)7/h12H,8-11H2,1-7H3. The summed E-state index contributed by atoms with van der Waals surface area (Å²) >= 11 is 0. The summed E-state index contributed by atoms with van der Waals surface area (Å²) in [6, 6.07) is 0. The molecule has 1 unspecified atom stereocenters. The van der Waals surface area contributed by atoms with E-state index < -0.39 is 0 Å². The molecular formula is C15H30. The maximum Gasteiger partial charge on any atom is -0.0274 e. The van der Waals surface area contributed by atoms with E-state index in [0.717, 1.165) is 5.92 Å². The summed E-state index contributed by atoms with van der Waals surface area (Å²) in [5, 5.41) is 0. The van der Waals surface area contributed by atoms with E-state index in [4.69, 9.17) is 0 Å². The van der Waals surface area contributed by atoms with Gasteiger partial charge < -0.3 is 0 Å². The Labute approximate surface area is 96.8 Å². The smallest absolute Gasteiger partial charge is 0.0274 e. The van der Waals surface area contributed by atoms with Gasteiger partial charge in [0.25, 0.3) is 0 Å². The van der Waals surface area contributed by atoms with Crippen LogP contribution in [0.3, 0.4) is 0 Å². The molecule has 0 aromatic rings. The van der Waals surface area contributed by atoms with Crippen LogP contribution in [-0.4, -0.2) is 0 Å². The van der Waals surface area contributed by atoms with Gasteiger partial charge in [0, 0.05) is 0 Å². The van der Waals surface area contributed by atoms with Crippen LogP contribution in [0.5, 0.6) is 0 Å². The first kappa shape index (κ1) is 13.1. The van der Waals surface area contributed by atoms with Gasteiger partial charge in [-0.05, 0) is 35.0 Å². The highest BCUT2D eigenvalue weighted by Gasteiger charge is 2.50. The third kappa shape index (κ3) is 2.40. The summed E-state index contributed by atoms with van der Waals surface area (Å²) < 4.78 is 0. The summed E-state index contributed by atoms with van der Waals surface area (Å²) in [6.07, 6.45) is 5.52. The van der Waals surface area contributed by atoms with Gasteiger partial charge in [-0.25, -0.2) is 0 Å². The van der Waals surface area contributed by atoms with Gasteiger partial charge in [0.15, 0.2) is 0 Å². The van der Waals surface area contributed by atoms with Crippen molar-refractivity contribution in [2.75, 3.05) is 0 Å². The molecule has 0 heterocycles. The fourth-order valence-corrected chi connectivity index (χ4v) is 3.78. The van der Waals surface area contributed by atoms with Gasteiger partial charge in [-0.2, -0.15) is 0 Å². The zero-order valence-electron chi connectivity index (χ0n) is 11.9. The number of rotatable bonds is 2. The lowest BCUT2D eigenvalue weighted by atomic mass is 9.48. The summed E-state index contributed by atoms with van der Waals surface area (Å²) in [7, 11) is 0. The molecule has 0 aromatic carbocycles. The molecule has 15 heavy (non-hydrogen) atoms. The van der Waals surface area contributed by atoms with Crippen LogP contribution >= 0.6 is 0 Å². The molecule has 0 nitrogen and oxygen atoms in total. The Morgan fingerprint density at radius 3 is 2.00 bits per heavy atom. The summed E-state index contributed by atoms with van der Waals surface area (Å²) in [4.78, 5) is 0. The van der Waals surface area contributed by atoms with Crippen molar-refractivity contribution >= 4 is 0 Å². The van der Waals surface area contributed by atoms with Crippen molar-refractivity contribution in [1.82, 2.24) is 0 Å². The highest BCUT2D eigenvalue weighted by Crippen LogP contribution is 2.59. The Balaban J connectivity index is 2.95. The zero-order chi connectivity index (χ0) is 11.9. The maximum atomic E-state index is 2.49. The minimum absolute atomic E-state index is 0.481. The van der Waals surface area contributed by atoms with Crippen LogP contribution in [0.25, 0.3) is 0 Å². The van der Waals surface area contributed by atoms with Gasteiger partial charge in [0.2, 0.25) is 0 Å². The molecule has 90 valence electrons. The monoisotopic (exact) mass is 210 g/mol. The van der Waals surface area contributed by atoms with E-state index in [1.807, 2.05) is 0 Å². The average molecular weight is 210 g/mol. The molecule has 1 rings (SSSR count). The van der Waals surface area contributed by atoms with E-state index in [1.165, 1.54) is 25.7 Å². The molecule has 0 aliphatic heterocycles. The third-order valence-corrected chi connectivity index (χ3v) is 5.12. The first-order chi connectivity index (χ1) is 6.62. The average Bonchev–Trinajstić information content (AvgIpc) is 1.98. The van der Waals surface area contributed by atoms with Gasteiger partial charge in [-0.3, -0.25) is 0 Å². The lowest BCUT2D eigenvalue weighted by molar-refractivity contribution is -0.0696. The normalized spacial score (nSPS) is 32.6. The van der Waals surface area contributed by atoms with Crippen molar-refractivity contribution in [3.8, 4) is 0 Å². The molecule has 0 amide bonds. The molecule has 1 saturated carbocycles. The maximum absolute atomic E-state index is 2.49. The molecule has 1 aliphatic carbocycles. The number of hydrogen-bond donors (Lipinski definition) is 0. The van der Waals surface area contributed by atoms with Gasteiger partial charge in [0.1, 0.15) is 0 Å². The SMILES string of the molecule is CCCC1CC(C)(C)CC(C)(C)C1(C)C. The van der Waals surface area contributed by atoms with Crippen LogP contribution in [0, 0.1) is 22.2 Å². The largest absolute Gasteiger partial charge is 0.0654 e. The van der Waals surface area contributed by atoms with Crippen LogP contribution in [0.1, 0.15) is 74.1 Å². The Hall–Kier alpha value is 0. The zero-order valence-corrected chi connectivity index (χ0v) is 11.9. The summed E-state index contributed by atoms with van der Waals surface area (Å²) in [6.45, 7) is 17.1. The lowest BCUT2D eigenvalue weighted by Gasteiger charge is -2.57. The quantitative estimate of drug-likeness (QED) is 0.582. The molecule has 0 aromatic heterocycles. The van der Waals surface area contributed by atoms with Gasteiger partial charge in [-0.1, -0.05) is 61.3 Å². The van der Waals surface area contributed by atoms with E-state index in [2.05, 4.69) is 48.5 Å². The molecule has 0 N–H and O–H groups in total. The minimum atomic E-state index is 0.481. The third-order valence-electron chi connectivity index (χ3n) is 5.12. The minimum Gasteiger partial charge on any atom is -0.0654 e. The Morgan fingerprint density at radius 1 is 1.00 bits per heavy atom. The topological polar surface area (TPSA) is 0 Å². The highest BCUT2D eigenvalue weighted by molar-refractivity contribution is 5.00. The van der Waals surface area contributed by atoms with Gasteiger partial charge >= 0.3 is 0 Å². The van der Waals surface area contributed by atoms with Crippen LogP contribution in [0.4, 0.5) is 0 Å². The Kier molecular flexibility index (Phi) is 3.30. The first-order valence-corrected chi connectivity index (χ1v) is 6.62. The van der Waals surface area contributed by atoms with Crippen LogP contribution in [-0.2, 0) is 0 Å². The summed E-state index contributed by atoms with van der Waals surface area (Å²) in [5.74, 6) is 0.904. The summed E-state index contributed by atoms with van der Waals surface area (Å²) in [5.41, 5.74) is 1.52. The highest BCUT2D eigenvalue weighted by atomic mass is 14.5. The molecule has 1 aliphatic rings. The van der Waals surface area contributed by atoms with Crippen LogP contribution < -0.4 is 0 Å². The van der Waals surface area contributed by atoms with Gasteiger partial charge in [0.05, 0.1) is 0 Å². The van der Waals surface area contributed by atoms with E-state index in [-0.39, 0.29) is 0 Å². The molecule has 0 spiro atoms. The van der Waals surface area contributed by atoms with Crippen molar-refractivity contribution < 1.29 is 0 Å². The second-order valence-corrected chi connectivity index (χ2v) is 7.64. The molecular weight excluding hydrogens is 180 g/mol. The van der Waals surface area contributed by atoms with Crippen molar-refractivity contribution in [2.45, 2.75) is 74.1 Å². The second kappa shape index (κ2) is 3.79. The fraction of sp³-hybridized carbons (Fsp3) is 1.00. The van der Waals surface area contributed by atoms with E-state index >= 15 is 0 Å². The molecule has 1 atom stereocenters. The molecule has 0 heteroatoms. The van der Waals surface area contributed by atoms with E-state index in [9.17, 15) is 0 Å². The molecule has 0 bridgehead atoms. The number of hydrogen-bond acceptors (Lipinski definition) is 0. The van der Waals surface area contributed by atoms with Crippen LogP contribution in [0.15, 0.2) is 0 Å². The predicted molar refractivity (Wildman–Crippen MR) is 69.0 cm³/mol. The first-order valence-electron chi connectivity index (χ1n) is 6.62. The molecule has 0 saturated heterocycles. The molecule has 0 radical (unpaired) electrons. The van der Waals surface area contributed by atoms with Crippen LogP contribution in [0.2, 0.25) is 0 Å². The Morgan fingerprint density at radius 2 is 1.53 bits per heavy atom. The Bertz CT molecular complexity index is 220. The van der Waals surface area contributed by atoms with Crippen molar-refractivity contribution in [1.29, 1.82) is 0 Å². The lowest BCUT2D eigenvalue weighted by Crippen LogP contribution is -2.48. The molecule has 1 fully saturated rings. The second-order valence-electron chi connectivity index (χ2n) is 7.64. The van der Waals surface area contributed by atoms with Gasteiger partial charge in [-0.15, -0.1) is 0 Å². The van der Waals surface area contributed by atoms with Crippen molar-refractivity contribution in [2.24, 2.45) is 22.2 Å². The predicted octanol–water partition coefficient (Wildman–Crippen LogP) is 5.28. The fourth-order valence-electron chi connectivity index (χ4n) is 3.78. The van der Waals surface area contributed by atoms with Crippen molar-refractivity contribution in [3.63, 3.8) is 0 Å². The van der Waals surface area contributed by atoms with E-state index in [1.54, 1.807) is 0 Å². The van der Waals surface area contributed by atoms with E-state index in [0.29, 0.717) is 16.2 Å².